The topological polar surface area (TPSA) is 41.1 Å². The van der Waals surface area contributed by atoms with E-state index < -0.39 is 5.82 Å². The fourth-order valence-electron chi connectivity index (χ4n) is 1.20. The van der Waals surface area contributed by atoms with E-state index in [1.807, 2.05) is 0 Å². The van der Waals surface area contributed by atoms with E-state index in [0.29, 0.717) is 10.7 Å². The van der Waals surface area contributed by atoms with Crippen molar-refractivity contribution in [2.75, 3.05) is 17.2 Å². The molecule has 0 aromatic heterocycles. The van der Waals surface area contributed by atoms with Gasteiger partial charge in [-0.15, -0.1) is 0 Å². The number of amides is 1. The van der Waals surface area contributed by atoms with Crippen molar-refractivity contribution in [1.82, 2.24) is 0 Å². The average molecular weight is 201 g/mol. The summed E-state index contributed by atoms with van der Waals surface area (Å²) in [4.78, 5) is 10.9. The summed E-state index contributed by atoms with van der Waals surface area (Å²) in [5.41, 5.74) is 0.685. The summed E-state index contributed by atoms with van der Waals surface area (Å²) >= 11 is 5.63. The van der Waals surface area contributed by atoms with Crippen LogP contribution in [0.25, 0.3) is 0 Å². The molecule has 1 amide bonds. The van der Waals surface area contributed by atoms with E-state index in [2.05, 4.69) is 10.6 Å². The second kappa shape index (κ2) is 2.88. The van der Waals surface area contributed by atoms with Gasteiger partial charge in [-0.05, 0) is 12.1 Å². The van der Waals surface area contributed by atoms with E-state index in [4.69, 9.17) is 11.6 Å². The van der Waals surface area contributed by atoms with Crippen molar-refractivity contribution < 1.29 is 9.18 Å². The van der Waals surface area contributed by atoms with E-state index in [1.165, 1.54) is 0 Å². The van der Waals surface area contributed by atoms with Crippen LogP contribution in [0.2, 0.25) is 5.02 Å². The van der Waals surface area contributed by atoms with Crippen LogP contribution in [0, 0.1) is 5.82 Å². The number of fused-ring (bicyclic) bond motifs is 1. The van der Waals surface area contributed by atoms with Crippen molar-refractivity contribution in [3.8, 4) is 0 Å². The Bertz CT molecular complexity index is 381. The molecule has 1 aromatic rings. The lowest BCUT2D eigenvalue weighted by Crippen LogP contribution is -2.28. The van der Waals surface area contributed by atoms with Crippen LogP contribution in [0.5, 0.6) is 0 Å². The fraction of sp³-hybridized carbons (Fsp3) is 0.125. The first-order chi connectivity index (χ1) is 6.16. The predicted molar refractivity (Wildman–Crippen MR) is 48.5 cm³/mol. The molecule has 1 heterocycles. The molecular weight excluding hydrogens is 195 g/mol. The van der Waals surface area contributed by atoms with Crippen molar-refractivity contribution in [2.24, 2.45) is 0 Å². The van der Waals surface area contributed by atoms with Gasteiger partial charge in [0, 0.05) is 5.02 Å². The van der Waals surface area contributed by atoms with Gasteiger partial charge in [0.05, 0.1) is 12.2 Å². The minimum Gasteiger partial charge on any atom is -0.374 e. The van der Waals surface area contributed by atoms with Gasteiger partial charge in [0.1, 0.15) is 11.5 Å². The molecule has 1 aromatic carbocycles. The Morgan fingerprint density at radius 3 is 3.00 bits per heavy atom. The van der Waals surface area contributed by atoms with Gasteiger partial charge in [-0.25, -0.2) is 4.39 Å². The second-order valence-corrected chi connectivity index (χ2v) is 3.15. The van der Waals surface area contributed by atoms with Crippen molar-refractivity contribution >= 4 is 28.9 Å². The number of carbonyl (C=O) groups is 1. The normalized spacial score (nSPS) is 14.5. The highest BCUT2D eigenvalue weighted by molar-refractivity contribution is 6.31. The van der Waals surface area contributed by atoms with Crippen molar-refractivity contribution in [2.45, 2.75) is 0 Å². The lowest BCUT2D eigenvalue weighted by atomic mass is 10.2. The van der Waals surface area contributed by atoms with Crippen LogP contribution >= 0.6 is 11.6 Å². The summed E-state index contributed by atoms with van der Waals surface area (Å²) in [5.74, 6) is -0.781. The molecule has 0 saturated heterocycles. The minimum atomic E-state index is -0.525. The second-order valence-electron chi connectivity index (χ2n) is 2.71. The largest absolute Gasteiger partial charge is 0.374 e. The van der Waals surface area contributed by atoms with E-state index >= 15 is 0 Å². The molecule has 68 valence electrons. The number of benzene rings is 1. The Balaban J connectivity index is 2.53. The van der Waals surface area contributed by atoms with Crippen LogP contribution in [0.15, 0.2) is 12.1 Å². The first-order valence-corrected chi connectivity index (χ1v) is 4.07. The van der Waals surface area contributed by atoms with Crippen LogP contribution < -0.4 is 10.6 Å². The van der Waals surface area contributed by atoms with Gasteiger partial charge in [-0.2, -0.15) is 0 Å². The summed E-state index contributed by atoms with van der Waals surface area (Å²) in [6, 6.07) is 2.73. The first kappa shape index (κ1) is 8.31. The minimum absolute atomic E-state index is 0.146. The monoisotopic (exact) mass is 200 g/mol. The number of rotatable bonds is 0. The smallest absolute Gasteiger partial charge is 0.243 e. The van der Waals surface area contributed by atoms with Crippen LogP contribution in [0.4, 0.5) is 15.8 Å². The number of hydrogen-bond donors (Lipinski definition) is 2. The highest BCUT2D eigenvalue weighted by Crippen LogP contribution is 2.30. The molecule has 0 saturated carbocycles. The van der Waals surface area contributed by atoms with Gasteiger partial charge in [0.15, 0.2) is 0 Å². The van der Waals surface area contributed by atoms with Gasteiger partial charge < -0.3 is 10.6 Å². The van der Waals surface area contributed by atoms with Gasteiger partial charge >= 0.3 is 0 Å². The molecule has 0 atom stereocenters. The first-order valence-electron chi connectivity index (χ1n) is 3.69. The molecule has 2 N–H and O–H groups in total. The van der Waals surface area contributed by atoms with Crippen LogP contribution in [-0.2, 0) is 4.79 Å². The van der Waals surface area contributed by atoms with Gasteiger partial charge in [0.25, 0.3) is 0 Å². The number of nitrogens with one attached hydrogen (secondary N) is 2. The molecule has 1 aliphatic heterocycles. The van der Waals surface area contributed by atoms with Crippen LogP contribution in [0.1, 0.15) is 0 Å². The predicted octanol–water partition coefficient (Wildman–Crippen LogP) is 1.84. The highest BCUT2D eigenvalue weighted by atomic mass is 35.5. The van der Waals surface area contributed by atoms with Gasteiger partial charge in [-0.1, -0.05) is 11.6 Å². The molecule has 0 spiro atoms. The Morgan fingerprint density at radius 2 is 2.23 bits per heavy atom. The number of anilines is 2. The highest BCUT2D eigenvalue weighted by Gasteiger charge is 2.18. The van der Waals surface area contributed by atoms with Crippen molar-refractivity contribution in [1.29, 1.82) is 0 Å². The Kier molecular flexibility index (Phi) is 1.84. The third-order valence-electron chi connectivity index (χ3n) is 1.76. The Morgan fingerprint density at radius 1 is 1.46 bits per heavy atom. The molecule has 0 bridgehead atoms. The molecule has 0 unspecified atom stereocenters. The Hall–Kier alpha value is -1.29. The summed E-state index contributed by atoms with van der Waals surface area (Å²) in [5, 5.41) is 5.48. The van der Waals surface area contributed by atoms with E-state index in [-0.39, 0.29) is 18.1 Å². The van der Waals surface area contributed by atoms with E-state index in [1.54, 1.807) is 6.07 Å². The number of halogens is 2. The molecule has 3 nitrogen and oxygen atoms in total. The number of hydrogen-bond acceptors (Lipinski definition) is 2. The summed E-state index contributed by atoms with van der Waals surface area (Å²) in [6.45, 7) is 0.146. The fourth-order valence-corrected chi connectivity index (χ4v) is 1.40. The van der Waals surface area contributed by atoms with Crippen molar-refractivity contribution in [3.05, 3.63) is 23.0 Å². The molecule has 2 rings (SSSR count). The summed E-state index contributed by atoms with van der Waals surface area (Å²) in [6.07, 6.45) is 0. The zero-order chi connectivity index (χ0) is 9.42. The van der Waals surface area contributed by atoms with E-state index in [0.717, 1.165) is 6.07 Å². The third-order valence-corrected chi connectivity index (χ3v) is 1.98. The van der Waals surface area contributed by atoms with Crippen LogP contribution in [0.3, 0.4) is 0 Å². The molecule has 0 radical (unpaired) electrons. The average Bonchev–Trinajstić information content (AvgIpc) is 2.06. The molecule has 1 aliphatic rings. The molecular formula is C8H6ClFN2O. The van der Waals surface area contributed by atoms with Crippen molar-refractivity contribution in [3.63, 3.8) is 0 Å². The molecule has 13 heavy (non-hydrogen) atoms. The maximum Gasteiger partial charge on any atom is 0.243 e. The zero-order valence-electron chi connectivity index (χ0n) is 6.53. The summed E-state index contributed by atoms with van der Waals surface area (Å²) in [7, 11) is 0. The van der Waals surface area contributed by atoms with Crippen LogP contribution in [-0.4, -0.2) is 12.5 Å². The lowest BCUT2D eigenvalue weighted by Gasteiger charge is -2.19. The third kappa shape index (κ3) is 1.45. The lowest BCUT2D eigenvalue weighted by molar-refractivity contribution is -0.114. The number of carbonyl (C=O) groups excluding carboxylic acids is 1. The molecule has 0 aliphatic carbocycles. The maximum absolute atomic E-state index is 13.2. The zero-order valence-corrected chi connectivity index (χ0v) is 7.28. The maximum atomic E-state index is 13.2. The standard InChI is InChI=1S/C8H6ClFN2O/c9-4-1-5(10)8-6(2-4)11-3-7(13)12-8/h1-2,11H,3H2,(H,12,13). The SMILES string of the molecule is O=C1CNc2cc(Cl)cc(F)c2N1. The van der Waals surface area contributed by atoms with Gasteiger partial charge in [-0.3, -0.25) is 4.79 Å². The van der Waals surface area contributed by atoms with E-state index in [9.17, 15) is 9.18 Å². The Labute approximate surface area is 78.9 Å². The quantitative estimate of drug-likeness (QED) is 0.671. The molecule has 5 heteroatoms. The van der Waals surface area contributed by atoms with Gasteiger partial charge in [0.2, 0.25) is 5.91 Å². The summed E-state index contributed by atoms with van der Waals surface area (Å²) < 4.78 is 13.2. The molecule has 0 fully saturated rings.